The minimum atomic E-state index is -0.0645. The molecule has 0 radical (unpaired) electrons. The third-order valence-electron chi connectivity index (χ3n) is 2.87. The molecule has 0 spiro atoms. The molecule has 0 aromatic rings. The van der Waals surface area contributed by atoms with Gasteiger partial charge in [-0.05, 0) is 19.8 Å². The first-order chi connectivity index (χ1) is 7.19. The molecule has 0 bridgehead atoms. The Bertz CT molecular complexity index is 207. The maximum atomic E-state index is 11.9. The zero-order valence-corrected chi connectivity index (χ0v) is 9.74. The maximum absolute atomic E-state index is 11.9. The maximum Gasteiger partial charge on any atom is 0.226 e. The van der Waals surface area contributed by atoms with E-state index >= 15 is 0 Å². The Morgan fingerprint density at radius 2 is 2.40 bits per heavy atom. The summed E-state index contributed by atoms with van der Waals surface area (Å²) in [5.74, 6) is 0.104. The highest BCUT2D eigenvalue weighted by Crippen LogP contribution is 2.15. The fraction of sp³-hybridized carbons (Fsp3) is 0.909. The van der Waals surface area contributed by atoms with Crippen LogP contribution < -0.4 is 5.73 Å². The van der Waals surface area contributed by atoms with E-state index < -0.39 is 0 Å². The van der Waals surface area contributed by atoms with Gasteiger partial charge in [0, 0.05) is 32.2 Å². The summed E-state index contributed by atoms with van der Waals surface area (Å²) in [5, 5.41) is 0. The van der Waals surface area contributed by atoms with Crippen molar-refractivity contribution in [3.05, 3.63) is 0 Å². The molecule has 15 heavy (non-hydrogen) atoms. The molecule has 0 aliphatic carbocycles. The highest BCUT2D eigenvalue weighted by atomic mass is 16.5. The summed E-state index contributed by atoms with van der Waals surface area (Å²) in [6.07, 6.45) is 2.32. The molecule has 2 atom stereocenters. The molecule has 1 amide bonds. The molecule has 4 heteroatoms. The second-order valence-electron chi connectivity index (χ2n) is 4.14. The van der Waals surface area contributed by atoms with Gasteiger partial charge in [0.2, 0.25) is 5.91 Å². The van der Waals surface area contributed by atoms with Gasteiger partial charge in [-0.3, -0.25) is 4.79 Å². The highest BCUT2D eigenvalue weighted by molar-refractivity contribution is 5.78. The lowest BCUT2D eigenvalue weighted by molar-refractivity contribution is -0.138. The lowest BCUT2D eigenvalue weighted by atomic mass is 10.0. The summed E-state index contributed by atoms with van der Waals surface area (Å²) < 4.78 is 5.55. The first-order valence-electron chi connectivity index (χ1n) is 5.79. The van der Waals surface area contributed by atoms with E-state index in [1.807, 2.05) is 18.7 Å². The standard InChI is InChI=1S/C11H22N2O2/c1-3-15-10-5-4-6-13(8-10)11(14)9(2)7-12/h9-10H,3-8,12H2,1-2H3. The van der Waals surface area contributed by atoms with Crippen LogP contribution in [0.5, 0.6) is 0 Å². The number of carbonyl (C=O) groups is 1. The third-order valence-corrected chi connectivity index (χ3v) is 2.87. The monoisotopic (exact) mass is 214 g/mol. The van der Waals surface area contributed by atoms with Crippen molar-refractivity contribution in [2.45, 2.75) is 32.8 Å². The molecule has 1 fully saturated rings. The van der Waals surface area contributed by atoms with E-state index in [0.29, 0.717) is 6.54 Å². The van der Waals surface area contributed by atoms with Crippen LogP contribution in [0.3, 0.4) is 0 Å². The van der Waals surface area contributed by atoms with E-state index in [1.165, 1.54) is 0 Å². The number of carbonyl (C=O) groups excluding carboxylic acids is 1. The number of likely N-dealkylation sites (tertiary alicyclic amines) is 1. The van der Waals surface area contributed by atoms with Gasteiger partial charge in [0.15, 0.2) is 0 Å². The Morgan fingerprint density at radius 3 is 3.00 bits per heavy atom. The van der Waals surface area contributed by atoms with E-state index in [2.05, 4.69) is 0 Å². The van der Waals surface area contributed by atoms with Crippen molar-refractivity contribution in [3.63, 3.8) is 0 Å². The lowest BCUT2D eigenvalue weighted by Gasteiger charge is -2.33. The summed E-state index contributed by atoms with van der Waals surface area (Å²) >= 11 is 0. The van der Waals surface area contributed by atoms with Crippen LogP contribution >= 0.6 is 0 Å². The number of nitrogens with two attached hydrogens (primary N) is 1. The SMILES string of the molecule is CCOC1CCCN(C(=O)C(C)CN)C1. The van der Waals surface area contributed by atoms with Crippen molar-refractivity contribution in [2.24, 2.45) is 11.7 Å². The van der Waals surface area contributed by atoms with Gasteiger partial charge in [0.1, 0.15) is 0 Å². The van der Waals surface area contributed by atoms with Gasteiger partial charge in [0.05, 0.1) is 6.10 Å². The van der Waals surface area contributed by atoms with Crippen molar-refractivity contribution in [1.82, 2.24) is 4.90 Å². The van der Waals surface area contributed by atoms with E-state index in [9.17, 15) is 4.79 Å². The van der Waals surface area contributed by atoms with Gasteiger partial charge in [-0.1, -0.05) is 6.92 Å². The smallest absolute Gasteiger partial charge is 0.226 e. The van der Waals surface area contributed by atoms with E-state index in [0.717, 1.165) is 32.5 Å². The summed E-state index contributed by atoms with van der Waals surface area (Å²) in [5.41, 5.74) is 5.49. The van der Waals surface area contributed by atoms with Crippen LogP contribution in [0.15, 0.2) is 0 Å². The first kappa shape index (κ1) is 12.5. The van der Waals surface area contributed by atoms with Crippen LogP contribution in [0.1, 0.15) is 26.7 Å². The van der Waals surface area contributed by atoms with Crippen molar-refractivity contribution in [1.29, 1.82) is 0 Å². The molecule has 1 heterocycles. The molecule has 0 aromatic carbocycles. The Morgan fingerprint density at radius 1 is 1.67 bits per heavy atom. The average molecular weight is 214 g/mol. The fourth-order valence-corrected chi connectivity index (χ4v) is 1.92. The molecule has 1 aliphatic rings. The zero-order valence-electron chi connectivity index (χ0n) is 9.74. The van der Waals surface area contributed by atoms with Crippen LogP contribution in [0.2, 0.25) is 0 Å². The van der Waals surface area contributed by atoms with Gasteiger partial charge in [-0.2, -0.15) is 0 Å². The molecular weight excluding hydrogens is 192 g/mol. The molecule has 0 saturated carbocycles. The molecule has 1 saturated heterocycles. The number of piperidine rings is 1. The van der Waals surface area contributed by atoms with Gasteiger partial charge in [-0.25, -0.2) is 0 Å². The topological polar surface area (TPSA) is 55.6 Å². The number of rotatable bonds is 4. The minimum absolute atomic E-state index is 0.0645. The third kappa shape index (κ3) is 3.47. The van der Waals surface area contributed by atoms with Crippen LogP contribution in [0.25, 0.3) is 0 Å². The van der Waals surface area contributed by atoms with E-state index in [1.54, 1.807) is 0 Å². The molecule has 2 N–H and O–H groups in total. The quantitative estimate of drug-likeness (QED) is 0.746. The highest BCUT2D eigenvalue weighted by Gasteiger charge is 2.26. The predicted molar refractivity (Wildman–Crippen MR) is 59.4 cm³/mol. The normalized spacial score (nSPS) is 23.9. The summed E-state index contributed by atoms with van der Waals surface area (Å²) in [6.45, 7) is 6.60. The van der Waals surface area contributed by atoms with Crippen LogP contribution in [-0.2, 0) is 9.53 Å². The van der Waals surface area contributed by atoms with Crippen LogP contribution in [-0.4, -0.2) is 43.2 Å². The Labute approximate surface area is 91.8 Å². The molecular formula is C11H22N2O2. The van der Waals surface area contributed by atoms with Gasteiger partial charge >= 0.3 is 0 Å². The summed E-state index contributed by atoms with van der Waals surface area (Å²) in [4.78, 5) is 13.8. The summed E-state index contributed by atoms with van der Waals surface area (Å²) in [7, 11) is 0. The fourth-order valence-electron chi connectivity index (χ4n) is 1.92. The molecule has 88 valence electrons. The second kappa shape index (κ2) is 6.08. The van der Waals surface area contributed by atoms with Crippen molar-refractivity contribution < 1.29 is 9.53 Å². The Balaban J connectivity index is 2.44. The molecule has 2 unspecified atom stereocenters. The number of ether oxygens (including phenoxy) is 1. The molecule has 1 aliphatic heterocycles. The number of amides is 1. The molecule has 4 nitrogen and oxygen atoms in total. The summed E-state index contributed by atoms with van der Waals surface area (Å²) in [6, 6.07) is 0. The van der Waals surface area contributed by atoms with Crippen LogP contribution in [0, 0.1) is 5.92 Å². The van der Waals surface area contributed by atoms with Crippen molar-refractivity contribution in [3.8, 4) is 0 Å². The lowest BCUT2D eigenvalue weighted by Crippen LogP contribution is -2.46. The van der Waals surface area contributed by atoms with Crippen molar-refractivity contribution >= 4 is 5.91 Å². The van der Waals surface area contributed by atoms with Crippen molar-refractivity contribution in [2.75, 3.05) is 26.2 Å². The van der Waals surface area contributed by atoms with Gasteiger partial charge in [0.25, 0.3) is 0 Å². The van der Waals surface area contributed by atoms with Gasteiger partial charge < -0.3 is 15.4 Å². The van der Waals surface area contributed by atoms with E-state index in [4.69, 9.17) is 10.5 Å². The second-order valence-corrected chi connectivity index (χ2v) is 4.14. The number of hydrogen-bond donors (Lipinski definition) is 1. The predicted octanol–water partition coefficient (Wildman–Crippen LogP) is 0.609. The van der Waals surface area contributed by atoms with Crippen LogP contribution in [0.4, 0.5) is 0 Å². The first-order valence-corrected chi connectivity index (χ1v) is 5.79. The number of nitrogens with zero attached hydrogens (tertiary/aromatic N) is 1. The van der Waals surface area contributed by atoms with Gasteiger partial charge in [-0.15, -0.1) is 0 Å². The zero-order chi connectivity index (χ0) is 11.3. The van der Waals surface area contributed by atoms with E-state index in [-0.39, 0.29) is 17.9 Å². The minimum Gasteiger partial charge on any atom is -0.377 e. The number of hydrogen-bond acceptors (Lipinski definition) is 3. The Kier molecular flexibility index (Phi) is 5.05. The molecule has 0 aromatic heterocycles. The largest absolute Gasteiger partial charge is 0.377 e. The Hall–Kier alpha value is -0.610. The molecule has 1 rings (SSSR count). The average Bonchev–Trinajstić information content (AvgIpc) is 2.28.